The molecule has 0 bridgehead atoms. The third kappa shape index (κ3) is 2.86. The maximum atomic E-state index is 11.3. The molecule has 0 amide bonds. The number of nitrogens with zero attached hydrogens (tertiary/aromatic N) is 1. The van der Waals surface area contributed by atoms with Crippen LogP contribution in [0.2, 0.25) is 0 Å². The van der Waals surface area contributed by atoms with Crippen LogP contribution in [0.5, 0.6) is 0 Å². The Kier molecular flexibility index (Phi) is 3.92. The molecule has 0 atom stereocenters. The number of ether oxygens (including phenoxy) is 1. The summed E-state index contributed by atoms with van der Waals surface area (Å²) in [6, 6.07) is 10.1. The van der Waals surface area contributed by atoms with Crippen molar-refractivity contribution in [2.45, 2.75) is 26.7 Å². The zero-order valence-corrected chi connectivity index (χ0v) is 10.8. The first kappa shape index (κ1) is 12.6. The molecule has 0 N–H and O–H groups in total. The van der Waals surface area contributed by atoms with E-state index in [2.05, 4.69) is 18.0 Å². The van der Waals surface area contributed by atoms with Gasteiger partial charge in [0.25, 0.3) is 0 Å². The van der Waals surface area contributed by atoms with E-state index in [0.29, 0.717) is 19.4 Å². The summed E-state index contributed by atoms with van der Waals surface area (Å²) in [4.78, 5) is 15.9. The molecule has 94 valence electrons. The summed E-state index contributed by atoms with van der Waals surface area (Å²) in [5.41, 5.74) is 3.12. The van der Waals surface area contributed by atoms with E-state index in [1.807, 2.05) is 31.2 Å². The third-order valence-corrected chi connectivity index (χ3v) is 2.87. The van der Waals surface area contributed by atoms with E-state index in [0.717, 1.165) is 16.6 Å². The quantitative estimate of drug-likeness (QED) is 0.775. The Labute approximate surface area is 107 Å². The van der Waals surface area contributed by atoms with E-state index in [4.69, 9.17) is 4.74 Å². The summed E-state index contributed by atoms with van der Waals surface area (Å²) in [6.07, 6.45) is 1.02. The zero-order chi connectivity index (χ0) is 13.0. The van der Waals surface area contributed by atoms with Gasteiger partial charge in [0.2, 0.25) is 0 Å². The Hall–Kier alpha value is -1.90. The summed E-state index contributed by atoms with van der Waals surface area (Å²) in [5.74, 6) is -0.162. The fourth-order valence-electron chi connectivity index (χ4n) is 2.01. The van der Waals surface area contributed by atoms with Crippen LogP contribution in [0, 0.1) is 6.92 Å². The van der Waals surface area contributed by atoms with Crippen LogP contribution in [0.1, 0.15) is 24.6 Å². The first-order valence-electron chi connectivity index (χ1n) is 6.21. The first-order valence-corrected chi connectivity index (χ1v) is 6.21. The number of carbonyl (C=O) groups is 1. The van der Waals surface area contributed by atoms with Crippen molar-refractivity contribution in [1.82, 2.24) is 4.98 Å². The van der Waals surface area contributed by atoms with Crippen LogP contribution in [-0.2, 0) is 16.0 Å². The molecule has 0 aliphatic rings. The van der Waals surface area contributed by atoms with Gasteiger partial charge in [0.05, 0.1) is 18.5 Å². The molecule has 1 aromatic heterocycles. The van der Waals surface area contributed by atoms with Gasteiger partial charge in [-0.15, -0.1) is 0 Å². The zero-order valence-electron chi connectivity index (χ0n) is 10.8. The standard InChI is InChI=1S/C15H17NO2/c1-3-18-15(17)9-8-12-10-11(2)13-6-4-5-7-14(13)16-12/h4-7,10H,3,8-9H2,1-2H3. The van der Waals surface area contributed by atoms with Gasteiger partial charge in [0.1, 0.15) is 0 Å². The maximum Gasteiger partial charge on any atom is 0.306 e. The minimum absolute atomic E-state index is 0.162. The molecule has 0 saturated heterocycles. The Morgan fingerprint density at radius 1 is 1.33 bits per heavy atom. The molecule has 2 aromatic rings. The predicted molar refractivity (Wildman–Crippen MR) is 71.4 cm³/mol. The van der Waals surface area contributed by atoms with Gasteiger partial charge in [-0.05, 0) is 31.5 Å². The molecule has 1 aromatic carbocycles. The number of carbonyl (C=O) groups excluding carboxylic acids is 1. The van der Waals surface area contributed by atoms with E-state index >= 15 is 0 Å². The van der Waals surface area contributed by atoms with E-state index in [1.54, 1.807) is 0 Å². The topological polar surface area (TPSA) is 39.2 Å². The van der Waals surface area contributed by atoms with Gasteiger partial charge >= 0.3 is 5.97 Å². The minimum atomic E-state index is -0.162. The molecular formula is C15H17NO2. The van der Waals surface area contributed by atoms with Crippen molar-refractivity contribution in [3.8, 4) is 0 Å². The highest BCUT2D eigenvalue weighted by molar-refractivity contribution is 5.82. The summed E-state index contributed by atoms with van der Waals surface area (Å²) in [7, 11) is 0. The van der Waals surface area contributed by atoms with E-state index in [1.165, 1.54) is 5.56 Å². The Balaban J connectivity index is 2.17. The molecule has 0 unspecified atom stereocenters. The van der Waals surface area contributed by atoms with Crippen LogP contribution in [0.15, 0.2) is 30.3 Å². The van der Waals surface area contributed by atoms with Gasteiger partial charge < -0.3 is 4.74 Å². The molecule has 0 radical (unpaired) electrons. The number of para-hydroxylation sites is 1. The van der Waals surface area contributed by atoms with E-state index < -0.39 is 0 Å². The molecule has 0 spiro atoms. The smallest absolute Gasteiger partial charge is 0.306 e. The second-order valence-electron chi connectivity index (χ2n) is 4.25. The summed E-state index contributed by atoms with van der Waals surface area (Å²) < 4.78 is 4.91. The molecular weight excluding hydrogens is 226 g/mol. The lowest BCUT2D eigenvalue weighted by molar-refractivity contribution is -0.143. The van der Waals surface area contributed by atoms with Crippen LogP contribution < -0.4 is 0 Å². The van der Waals surface area contributed by atoms with Crippen LogP contribution >= 0.6 is 0 Å². The molecule has 1 heterocycles. The van der Waals surface area contributed by atoms with E-state index in [9.17, 15) is 4.79 Å². The Bertz CT molecular complexity index is 563. The minimum Gasteiger partial charge on any atom is -0.466 e. The average Bonchev–Trinajstić information content (AvgIpc) is 2.37. The Morgan fingerprint density at radius 3 is 2.89 bits per heavy atom. The number of hydrogen-bond acceptors (Lipinski definition) is 3. The molecule has 0 aliphatic carbocycles. The molecule has 0 aliphatic heterocycles. The van der Waals surface area contributed by atoms with Crippen LogP contribution in [0.3, 0.4) is 0 Å². The highest BCUT2D eigenvalue weighted by Gasteiger charge is 2.06. The molecule has 3 heteroatoms. The lowest BCUT2D eigenvalue weighted by Crippen LogP contribution is -2.06. The van der Waals surface area contributed by atoms with Crippen molar-refractivity contribution in [2.75, 3.05) is 6.61 Å². The van der Waals surface area contributed by atoms with Crippen molar-refractivity contribution in [3.05, 3.63) is 41.6 Å². The summed E-state index contributed by atoms with van der Waals surface area (Å²) in [6.45, 7) is 4.32. The van der Waals surface area contributed by atoms with Gasteiger partial charge in [0.15, 0.2) is 0 Å². The number of aryl methyl sites for hydroxylation is 2. The SMILES string of the molecule is CCOC(=O)CCc1cc(C)c2ccccc2n1. The van der Waals surface area contributed by atoms with Crippen molar-refractivity contribution >= 4 is 16.9 Å². The first-order chi connectivity index (χ1) is 8.70. The highest BCUT2D eigenvalue weighted by atomic mass is 16.5. The molecule has 3 nitrogen and oxygen atoms in total. The van der Waals surface area contributed by atoms with Crippen LogP contribution in [0.25, 0.3) is 10.9 Å². The second-order valence-corrected chi connectivity index (χ2v) is 4.25. The maximum absolute atomic E-state index is 11.3. The number of hydrogen-bond donors (Lipinski definition) is 0. The van der Waals surface area contributed by atoms with Crippen molar-refractivity contribution in [1.29, 1.82) is 0 Å². The molecule has 2 rings (SSSR count). The number of fused-ring (bicyclic) bond motifs is 1. The number of aromatic nitrogens is 1. The fourth-order valence-corrected chi connectivity index (χ4v) is 2.01. The fraction of sp³-hybridized carbons (Fsp3) is 0.333. The highest BCUT2D eigenvalue weighted by Crippen LogP contribution is 2.18. The lowest BCUT2D eigenvalue weighted by atomic mass is 10.1. The third-order valence-electron chi connectivity index (χ3n) is 2.87. The normalized spacial score (nSPS) is 10.6. The second kappa shape index (κ2) is 5.63. The molecule has 0 fully saturated rings. The van der Waals surface area contributed by atoms with Gasteiger partial charge in [-0.25, -0.2) is 0 Å². The number of rotatable bonds is 4. The van der Waals surface area contributed by atoms with Gasteiger partial charge in [-0.1, -0.05) is 18.2 Å². The molecule has 0 saturated carbocycles. The predicted octanol–water partition coefficient (Wildman–Crippen LogP) is 3.04. The number of benzene rings is 1. The van der Waals surface area contributed by atoms with Crippen LogP contribution in [-0.4, -0.2) is 17.6 Å². The van der Waals surface area contributed by atoms with Gasteiger partial charge in [-0.2, -0.15) is 0 Å². The number of esters is 1. The van der Waals surface area contributed by atoms with Crippen molar-refractivity contribution in [2.24, 2.45) is 0 Å². The molecule has 18 heavy (non-hydrogen) atoms. The lowest BCUT2D eigenvalue weighted by Gasteiger charge is -2.06. The number of pyridine rings is 1. The summed E-state index contributed by atoms with van der Waals surface area (Å²) in [5, 5.41) is 1.16. The summed E-state index contributed by atoms with van der Waals surface area (Å²) >= 11 is 0. The monoisotopic (exact) mass is 243 g/mol. The van der Waals surface area contributed by atoms with Crippen molar-refractivity contribution < 1.29 is 9.53 Å². The van der Waals surface area contributed by atoms with Crippen LogP contribution in [0.4, 0.5) is 0 Å². The van der Waals surface area contributed by atoms with Gasteiger partial charge in [-0.3, -0.25) is 9.78 Å². The van der Waals surface area contributed by atoms with Crippen molar-refractivity contribution in [3.63, 3.8) is 0 Å². The Morgan fingerprint density at radius 2 is 2.11 bits per heavy atom. The largest absolute Gasteiger partial charge is 0.466 e. The van der Waals surface area contributed by atoms with E-state index in [-0.39, 0.29) is 5.97 Å². The van der Waals surface area contributed by atoms with Gasteiger partial charge in [0, 0.05) is 17.5 Å². The average molecular weight is 243 g/mol.